The van der Waals surface area contributed by atoms with E-state index in [0.29, 0.717) is 19.5 Å². The Labute approximate surface area is 183 Å². The van der Waals surface area contributed by atoms with Gasteiger partial charge in [-0.3, -0.25) is 9.59 Å². The van der Waals surface area contributed by atoms with Crippen molar-refractivity contribution in [1.29, 1.82) is 0 Å². The minimum atomic E-state index is -4.73. The lowest BCUT2D eigenvalue weighted by molar-refractivity contribution is -0.128. The van der Waals surface area contributed by atoms with Gasteiger partial charge in [-0.25, -0.2) is 13.2 Å². The second-order valence-electron chi connectivity index (χ2n) is 7.07. The average molecular weight is 466 g/mol. The van der Waals surface area contributed by atoms with Crippen molar-refractivity contribution in [2.75, 3.05) is 18.5 Å². The minimum absolute atomic E-state index is 0.0643. The first kappa shape index (κ1) is 23.3. The number of amides is 2. The van der Waals surface area contributed by atoms with E-state index < -0.39 is 39.0 Å². The summed E-state index contributed by atoms with van der Waals surface area (Å²) < 4.78 is 52.9. The van der Waals surface area contributed by atoms with Crippen molar-refractivity contribution in [3.8, 4) is 0 Å². The van der Waals surface area contributed by atoms with Gasteiger partial charge >= 0.3 is 11.7 Å². The molecule has 0 saturated carbocycles. The van der Waals surface area contributed by atoms with Gasteiger partial charge in [0.05, 0.1) is 10.5 Å². The van der Waals surface area contributed by atoms with Crippen molar-refractivity contribution in [3.05, 3.63) is 59.7 Å². The van der Waals surface area contributed by atoms with E-state index in [0.717, 1.165) is 36.2 Å². The monoisotopic (exact) mass is 466 g/mol. The highest BCUT2D eigenvalue weighted by Gasteiger charge is 2.26. The molecule has 1 saturated heterocycles. The Morgan fingerprint density at radius 1 is 1.12 bits per heavy atom. The number of carbonyl (C=O) groups excluding carboxylic acids is 3. The summed E-state index contributed by atoms with van der Waals surface area (Å²) in [5.41, 5.74) is 1.14. The SMILES string of the molecule is O=C(COC(=O)c1cccc(CN2CCCC2=O)c1)Nc1ccc(S(=O)(=O)C(F)F)cc1. The number of likely N-dealkylation sites (tertiary alicyclic amines) is 1. The molecule has 170 valence electrons. The number of carbonyl (C=O) groups is 3. The summed E-state index contributed by atoms with van der Waals surface area (Å²) in [6, 6.07) is 10.7. The molecule has 0 atom stereocenters. The highest BCUT2D eigenvalue weighted by Crippen LogP contribution is 2.20. The molecule has 1 aliphatic rings. The maximum atomic E-state index is 12.5. The Balaban J connectivity index is 1.53. The summed E-state index contributed by atoms with van der Waals surface area (Å²) in [5, 5.41) is 2.38. The lowest BCUT2D eigenvalue weighted by Crippen LogP contribution is -2.24. The number of ether oxygens (including phenoxy) is 1. The topological polar surface area (TPSA) is 110 Å². The van der Waals surface area contributed by atoms with Crippen LogP contribution in [0.5, 0.6) is 0 Å². The van der Waals surface area contributed by atoms with Crippen molar-refractivity contribution < 1.29 is 36.3 Å². The smallest absolute Gasteiger partial charge is 0.341 e. The van der Waals surface area contributed by atoms with E-state index in [1.54, 1.807) is 23.1 Å². The van der Waals surface area contributed by atoms with Gasteiger partial charge < -0.3 is 15.0 Å². The first-order chi connectivity index (χ1) is 15.2. The van der Waals surface area contributed by atoms with E-state index in [1.165, 1.54) is 6.07 Å². The zero-order valence-corrected chi connectivity index (χ0v) is 17.6. The van der Waals surface area contributed by atoms with Crippen LogP contribution >= 0.6 is 0 Å². The van der Waals surface area contributed by atoms with E-state index >= 15 is 0 Å². The summed E-state index contributed by atoms with van der Waals surface area (Å²) in [6.45, 7) is 0.450. The Kier molecular flexibility index (Phi) is 7.18. The van der Waals surface area contributed by atoms with Gasteiger partial charge in [0.1, 0.15) is 0 Å². The number of nitrogens with zero attached hydrogens (tertiary/aromatic N) is 1. The Hall–Kier alpha value is -3.34. The summed E-state index contributed by atoms with van der Waals surface area (Å²) in [5.74, 6) is -4.90. The van der Waals surface area contributed by atoms with Gasteiger partial charge in [-0.05, 0) is 48.4 Å². The van der Waals surface area contributed by atoms with Crippen LogP contribution in [0.3, 0.4) is 0 Å². The summed E-state index contributed by atoms with van der Waals surface area (Å²) in [4.78, 5) is 37.1. The fourth-order valence-electron chi connectivity index (χ4n) is 3.13. The van der Waals surface area contributed by atoms with Gasteiger partial charge in [-0.15, -0.1) is 0 Å². The van der Waals surface area contributed by atoms with Crippen LogP contribution in [-0.2, 0) is 30.7 Å². The summed E-state index contributed by atoms with van der Waals surface area (Å²) in [6.07, 6.45) is 1.32. The van der Waals surface area contributed by atoms with Crippen LogP contribution in [0.15, 0.2) is 53.4 Å². The zero-order chi connectivity index (χ0) is 23.3. The highest BCUT2D eigenvalue weighted by atomic mass is 32.2. The van der Waals surface area contributed by atoms with Gasteiger partial charge in [0, 0.05) is 25.2 Å². The largest absolute Gasteiger partial charge is 0.452 e. The van der Waals surface area contributed by atoms with Crippen molar-refractivity contribution in [1.82, 2.24) is 4.90 Å². The zero-order valence-electron chi connectivity index (χ0n) is 16.8. The Morgan fingerprint density at radius 3 is 2.47 bits per heavy atom. The van der Waals surface area contributed by atoms with Gasteiger partial charge in [-0.2, -0.15) is 8.78 Å². The van der Waals surface area contributed by atoms with E-state index in [-0.39, 0.29) is 17.2 Å². The van der Waals surface area contributed by atoms with Crippen LogP contribution in [0.2, 0.25) is 0 Å². The van der Waals surface area contributed by atoms with Crippen LogP contribution in [-0.4, -0.2) is 50.0 Å². The van der Waals surface area contributed by atoms with Gasteiger partial charge in [0.15, 0.2) is 6.61 Å². The average Bonchev–Trinajstić information content (AvgIpc) is 3.16. The number of benzene rings is 2. The Morgan fingerprint density at radius 2 is 1.84 bits per heavy atom. The number of esters is 1. The van der Waals surface area contributed by atoms with E-state index in [9.17, 15) is 31.6 Å². The molecule has 0 aromatic heterocycles. The van der Waals surface area contributed by atoms with Crippen LogP contribution in [0.4, 0.5) is 14.5 Å². The quantitative estimate of drug-likeness (QED) is 0.599. The number of rotatable bonds is 8. The molecule has 3 rings (SSSR count). The number of nitrogens with one attached hydrogen (secondary N) is 1. The summed E-state index contributed by atoms with van der Waals surface area (Å²) >= 11 is 0. The lowest BCUT2D eigenvalue weighted by atomic mass is 10.1. The third-order valence-electron chi connectivity index (χ3n) is 4.74. The number of halogens is 2. The second-order valence-corrected chi connectivity index (χ2v) is 8.99. The molecule has 1 aliphatic heterocycles. The first-order valence-corrected chi connectivity index (χ1v) is 11.2. The molecule has 1 heterocycles. The van der Waals surface area contributed by atoms with Gasteiger partial charge in [-0.1, -0.05) is 12.1 Å². The predicted octanol–water partition coefficient (Wildman–Crippen LogP) is 2.60. The molecule has 0 unspecified atom stereocenters. The minimum Gasteiger partial charge on any atom is -0.452 e. The number of anilines is 1. The molecular weight excluding hydrogens is 446 g/mol. The summed E-state index contributed by atoms with van der Waals surface area (Å²) in [7, 11) is -4.73. The van der Waals surface area contributed by atoms with Crippen molar-refractivity contribution >= 4 is 33.3 Å². The molecule has 0 radical (unpaired) electrons. The van der Waals surface area contributed by atoms with Crippen LogP contribution in [0.1, 0.15) is 28.8 Å². The molecule has 1 fully saturated rings. The molecule has 11 heteroatoms. The molecule has 1 N–H and O–H groups in total. The number of alkyl halides is 2. The van der Waals surface area contributed by atoms with E-state index in [2.05, 4.69) is 5.32 Å². The highest BCUT2D eigenvalue weighted by molar-refractivity contribution is 7.91. The lowest BCUT2D eigenvalue weighted by Gasteiger charge is -2.15. The van der Waals surface area contributed by atoms with Crippen molar-refractivity contribution in [2.45, 2.75) is 30.0 Å². The molecular formula is C21H20F2N2O6S. The second kappa shape index (κ2) is 9.86. The maximum Gasteiger partial charge on any atom is 0.341 e. The fourth-order valence-corrected chi connectivity index (χ4v) is 3.85. The van der Waals surface area contributed by atoms with Crippen LogP contribution < -0.4 is 5.32 Å². The molecule has 8 nitrogen and oxygen atoms in total. The van der Waals surface area contributed by atoms with E-state index in [1.807, 2.05) is 0 Å². The van der Waals surface area contributed by atoms with Crippen molar-refractivity contribution in [3.63, 3.8) is 0 Å². The molecule has 32 heavy (non-hydrogen) atoms. The fraction of sp³-hybridized carbons (Fsp3) is 0.286. The molecule has 2 amide bonds. The number of hydrogen-bond donors (Lipinski definition) is 1. The maximum absolute atomic E-state index is 12.5. The molecule has 0 bridgehead atoms. The number of hydrogen-bond acceptors (Lipinski definition) is 6. The molecule has 2 aromatic carbocycles. The normalized spacial score (nSPS) is 14.0. The third-order valence-corrected chi connectivity index (χ3v) is 6.14. The van der Waals surface area contributed by atoms with E-state index in [4.69, 9.17) is 4.74 Å². The third kappa shape index (κ3) is 5.67. The predicted molar refractivity (Wildman–Crippen MR) is 110 cm³/mol. The van der Waals surface area contributed by atoms with Crippen LogP contribution in [0, 0.1) is 0 Å². The number of sulfone groups is 1. The van der Waals surface area contributed by atoms with Gasteiger partial charge in [0.2, 0.25) is 15.7 Å². The van der Waals surface area contributed by atoms with Crippen LogP contribution in [0.25, 0.3) is 0 Å². The van der Waals surface area contributed by atoms with Gasteiger partial charge in [0.25, 0.3) is 5.91 Å². The molecule has 2 aromatic rings. The Bertz CT molecular complexity index is 1120. The standard InChI is InChI=1S/C21H20F2N2O6S/c22-21(23)32(29,30)17-8-6-16(7-9-17)24-18(26)13-31-20(28)15-4-1-3-14(11-15)12-25-10-2-5-19(25)27/h1,3-4,6-9,11,21H,2,5,10,12-13H2,(H,24,26). The van der Waals surface area contributed by atoms with Crippen molar-refractivity contribution in [2.24, 2.45) is 0 Å². The molecule has 0 spiro atoms. The molecule has 0 aliphatic carbocycles. The first-order valence-electron chi connectivity index (χ1n) is 9.62.